The van der Waals surface area contributed by atoms with Gasteiger partial charge in [-0.3, -0.25) is 5.43 Å². The van der Waals surface area contributed by atoms with Crippen LogP contribution >= 0.6 is 11.3 Å². The maximum atomic E-state index is 5.08. The van der Waals surface area contributed by atoms with Gasteiger partial charge < -0.3 is 0 Å². The quantitative estimate of drug-likeness (QED) is 0.465. The molecule has 5 heteroatoms. The normalized spacial score (nSPS) is 9.56. The summed E-state index contributed by atoms with van der Waals surface area (Å²) in [5.74, 6) is 5.08. The summed E-state index contributed by atoms with van der Waals surface area (Å²) in [6, 6.07) is 0. The molecule has 4 nitrogen and oxygen atoms in total. The van der Waals surface area contributed by atoms with Gasteiger partial charge in [-0.15, -0.1) is 10.2 Å². The second-order valence-electron chi connectivity index (χ2n) is 1.50. The molecular weight excluding hydrogens is 136 g/mol. The van der Waals surface area contributed by atoms with Crippen molar-refractivity contribution in [2.75, 3.05) is 5.43 Å². The number of nitrogen functional groups attached to an aromatic ring is 1. The van der Waals surface area contributed by atoms with Crippen LogP contribution in [0, 0.1) is 0 Å². The second-order valence-corrected chi connectivity index (χ2v) is 2.56. The Morgan fingerprint density at radius 3 is 2.78 bits per heavy atom. The zero-order valence-electron chi connectivity index (χ0n) is 5.09. The molecule has 0 unspecified atom stereocenters. The second kappa shape index (κ2) is 2.75. The van der Waals surface area contributed by atoms with Crippen molar-refractivity contribution in [2.24, 2.45) is 5.84 Å². The van der Waals surface area contributed by atoms with Crippen LogP contribution in [0.1, 0.15) is 11.9 Å². The van der Waals surface area contributed by atoms with Crippen LogP contribution < -0.4 is 11.3 Å². The predicted octanol–water partition coefficient (Wildman–Crippen LogP) is 0.386. The van der Waals surface area contributed by atoms with Crippen LogP contribution in [0.2, 0.25) is 0 Å². The van der Waals surface area contributed by atoms with Crippen LogP contribution in [-0.4, -0.2) is 10.2 Å². The number of aromatic nitrogens is 2. The third-order valence-electron chi connectivity index (χ3n) is 0.893. The van der Waals surface area contributed by atoms with Crippen LogP contribution in [0.15, 0.2) is 0 Å². The maximum Gasteiger partial charge on any atom is 0.219 e. The average molecular weight is 144 g/mol. The minimum absolute atomic E-state index is 0.673. The van der Waals surface area contributed by atoms with Gasteiger partial charge in [-0.1, -0.05) is 18.3 Å². The fraction of sp³-hybridized carbons (Fsp3) is 0.500. The van der Waals surface area contributed by atoms with Crippen LogP contribution in [0.3, 0.4) is 0 Å². The van der Waals surface area contributed by atoms with Gasteiger partial charge >= 0.3 is 0 Å². The third-order valence-corrected chi connectivity index (χ3v) is 1.89. The van der Waals surface area contributed by atoms with Crippen molar-refractivity contribution < 1.29 is 0 Å². The number of anilines is 1. The van der Waals surface area contributed by atoms with Crippen molar-refractivity contribution in [3.05, 3.63) is 5.01 Å². The molecule has 50 valence electrons. The Labute approximate surface area is 57.1 Å². The van der Waals surface area contributed by atoms with E-state index in [-0.39, 0.29) is 0 Å². The van der Waals surface area contributed by atoms with Gasteiger partial charge in [0.2, 0.25) is 5.13 Å². The van der Waals surface area contributed by atoms with Gasteiger partial charge in [-0.05, 0) is 6.42 Å². The van der Waals surface area contributed by atoms with E-state index in [0.29, 0.717) is 5.13 Å². The highest BCUT2D eigenvalue weighted by atomic mass is 32.1. The van der Waals surface area contributed by atoms with E-state index < -0.39 is 0 Å². The summed E-state index contributed by atoms with van der Waals surface area (Å²) in [6.07, 6.45) is 0.916. The highest BCUT2D eigenvalue weighted by Gasteiger charge is 1.97. The summed E-state index contributed by atoms with van der Waals surface area (Å²) < 4.78 is 0. The van der Waals surface area contributed by atoms with E-state index in [2.05, 4.69) is 15.6 Å². The van der Waals surface area contributed by atoms with Gasteiger partial charge in [0, 0.05) is 0 Å². The van der Waals surface area contributed by atoms with Crippen molar-refractivity contribution in [1.82, 2.24) is 10.2 Å². The summed E-state index contributed by atoms with van der Waals surface area (Å²) in [6.45, 7) is 2.03. The lowest BCUT2D eigenvalue weighted by Gasteiger charge is -1.83. The van der Waals surface area contributed by atoms with E-state index >= 15 is 0 Å². The molecule has 0 fully saturated rings. The number of nitrogens with one attached hydrogen (secondary N) is 1. The van der Waals surface area contributed by atoms with E-state index in [1.165, 1.54) is 11.3 Å². The summed E-state index contributed by atoms with van der Waals surface area (Å²) in [5.41, 5.74) is 2.43. The number of hydrogen-bond acceptors (Lipinski definition) is 5. The first-order valence-electron chi connectivity index (χ1n) is 2.65. The lowest BCUT2D eigenvalue weighted by Crippen LogP contribution is -2.05. The molecule has 0 atom stereocenters. The molecule has 0 aliphatic carbocycles. The Hall–Kier alpha value is -0.680. The van der Waals surface area contributed by atoms with E-state index in [0.717, 1.165) is 11.4 Å². The predicted molar refractivity (Wildman–Crippen MR) is 37.1 cm³/mol. The first-order valence-corrected chi connectivity index (χ1v) is 3.47. The molecule has 9 heavy (non-hydrogen) atoms. The van der Waals surface area contributed by atoms with Gasteiger partial charge in [0.15, 0.2) is 0 Å². The first-order chi connectivity index (χ1) is 4.36. The molecule has 0 aliphatic rings. The van der Waals surface area contributed by atoms with E-state index in [9.17, 15) is 0 Å². The lowest BCUT2D eigenvalue weighted by molar-refractivity contribution is 0.981. The molecule has 1 aromatic heterocycles. The third kappa shape index (κ3) is 1.36. The smallest absolute Gasteiger partial charge is 0.219 e. The molecule has 0 aromatic carbocycles. The molecular formula is C4H8N4S. The van der Waals surface area contributed by atoms with E-state index in [4.69, 9.17) is 5.84 Å². The summed E-state index contributed by atoms with van der Waals surface area (Å²) in [5, 5.41) is 9.25. The molecule has 0 bridgehead atoms. The molecule has 0 aliphatic heterocycles. The summed E-state index contributed by atoms with van der Waals surface area (Å²) >= 11 is 1.47. The molecule has 1 heterocycles. The molecule has 1 rings (SSSR count). The monoisotopic (exact) mass is 144 g/mol. The highest BCUT2D eigenvalue weighted by Crippen LogP contribution is 2.12. The summed E-state index contributed by atoms with van der Waals surface area (Å²) in [4.78, 5) is 0. The minimum atomic E-state index is 0.673. The number of rotatable bonds is 2. The van der Waals surface area contributed by atoms with Crippen LogP contribution in [0.25, 0.3) is 0 Å². The van der Waals surface area contributed by atoms with Gasteiger partial charge in [0.25, 0.3) is 0 Å². The lowest BCUT2D eigenvalue weighted by atomic mass is 10.5. The maximum absolute atomic E-state index is 5.08. The number of nitrogens with zero attached hydrogens (tertiary/aromatic N) is 2. The largest absolute Gasteiger partial charge is 0.298 e. The van der Waals surface area contributed by atoms with Crippen molar-refractivity contribution in [2.45, 2.75) is 13.3 Å². The number of aryl methyl sites for hydroxylation is 1. The Morgan fingerprint density at radius 1 is 1.67 bits per heavy atom. The highest BCUT2D eigenvalue weighted by molar-refractivity contribution is 7.15. The van der Waals surface area contributed by atoms with Crippen molar-refractivity contribution in [3.63, 3.8) is 0 Å². The molecule has 0 saturated carbocycles. The minimum Gasteiger partial charge on any atom is -0.298 e. The Balaban J connectivity index is 2.74. The molecule has 0 amide bonds. The zero-order chi connectivity index (χ0) is 6.69. The van der Waals surface area contributed by atoms with Gasteiger partial charge in [0.05, 0.1) is 0 Å². The van der Waals surface area contributed by atoms with Gasteiger partial charge in [0.1, 0.15) is 5.01 Å². The fourth-order valence-corrected chi connectivity index (χ4v) is 1.04. The van der Waals surface area contributed by atoms with Gasteiger partial charge in [-0.25, -0.2) is 5.84 Å². The zero-order valence-corrected chi connectivity index (χ0v) is 5.90. The number of nitrogens with two attached hydrogens (primary N) is 1. The Kier molecular flexibility index (Phi) is 1.96. The van der Waals surface area contributed by atoms with Gasteiger partial charge in [-0.2, -0.15) is 0 Å². The standard InChI is InChI=1S/C4H8N4S/c1-2-3-7-8-4(6-5)9-3/h2,5H2,1H3,(H,6,8). The molecule has 0 spiro atoms. The number of hydrogen-bond donors (Lipinski definition) is 2. The first kappa shape index (κ1) is 6.44. The topological polar surface area (TPSA) is 63.8 Å². The van der Waals surface area contributed by atoms with Crippen molar-refractivity contribution in [3.8, 4) is 0 Å². The van der Waals surface area contributed by atoms with Crippen LogP contribution in [0.5, 0.6) is 0 Å². The molecule has 0 radical (unpaired) electrons. The summed E-state index contributed by atoms with van der Waals surface area (Å²) in [7, 11) is 0. The Bertz CT molecular complexity index is 166. The van der Waals surface area contributed by atoms with E-state index in [1.54, 1.807) is 0 Å². The number of hydrazine groups is 1. The fourth-order valence-electron chi connectivity index (χ4n) is 0.455. The van der Waals surface area contributed by atoms with Crippen LogP contribution in [0.4, 0.5) is 5.13 Å². The van der Waals surface area contributed by atoms with E-state index in [1.807, 2.05) is 6.92 Å². The SMILES string of the molecule is CCc1nnc(NN)s1. The Morgan fingerprint density at radius 2 is 2.44 bits per heavy atom. The molecule has 1 aromatic rings. The molecule has 3 N–H and O–H groups in total. The van der Waals surface area contributed by atoms with Crippen LogP contribution in [-0.2, 0) is 6.42 Å². The van der Waals surface area contributed by atoms with Crippen molar-refractivity contribution in [1.29, 1.82) is 0 Å². The molecule has 0 saturated heterocycles. The van der Waals surface area contributed by atoms with Crippen molar-refractivity contribution >= 4 is 16.5 Å². The average Bonchev–Trinajstić information content (AvgIpc) is 2.34.